The second-order valence-corrected chi connectivity index (χ2v) is 9.54. The number of carbonyl (C=O) groups excluding carboxylic acids is 1. The molecule has 36 heavy (non-hydrogen) atoms. The molecule has 2 aliphatic rings. The van der Waals surface area contributed by atoms with Gasteiger partial charge in [0.1, 0.15) is 17.6 Å². The summed E-state index contributed by atoms with van der Waals surface area (Å²) >= 11 is 6.17. The number of ether oxygens (including phenoxy) is 1. The fourth-order valence-corrected chi connectivity index (χ4v) is 5.33. The van der Waals surface area contributed by atoms with Crippen molar-refractivity contribution in [2.24, 2.45) is 0 Å². The maximum atomic E-state index is 13.7. The van der Waals surface area contributed by atoms with E-state index in [0.717, 1.165) is 28.4 Å². The van der Waals surface area contributed by atoms with Crippen LogP contribution in [0.2, 0.25) is 5.02 Å². The number of allylic oxidation sites excluding steroid dienone is 1. The van der Waals surface area contributed by atoms with Crippen molar-refractivity contribution in [2.45, 2.75) is 24.8 Å². The number of hydrogen-bond donors (Lipinski definition) is 2. The number of hydrogen-bond acceptors (Lipinski definition) is 6. The van der Waals surface area contributed by atoms with Gasteiger partial charge in [-0.25, -0.2) is 0 Å². The number of anilines is 2. The van der Waals surface area contributed by atoms with Crippen molar-refractivity contribution in [3.8, 4) is 5.75 Å². The number of Topliss-reactive ketones (excluding diaryl/α,β-unsaturated/α-hetero) is 1. The van der Waals surface area contributed by atoms with Crippen molar-refractivity contribution in [1.82, 2.24) is 0 Å². The summed E-state index contributed by atoms with van der Waals surface area (Å²) in [6.45, 7) is 0. The molecule has 0 fully saturated rings. The highest BCUT2D eigenvalue weighted by Gasteiger charge is 2.37. The summed E-state index contributed by atoms with van der Waals surface area (Å²) in [6, 6.07) is 19.9. The highest BCUT2D eigenvalue weighted by atomic mass is 35.5. The lowest BCUT2D eigenvalue weighted by Crippen LogP contribution is -2.29. The van der Waals surface area contributed by atoms with Crippen molar-refractivity contribution >= 4 is 39.7 Å². The molecule has 2 N–H and O–H groups in total. The smallest absolute Gasteiger partial charge is 0.198 e. The van der Waals surface area contributed by atoms with Crippen LogP contribution in [0.5, 0.6) is 5.75 Å². The van der Waals surface area contributed by atoms with Crippen LogP contribution in [0.4, 0.5) is 11.4 Å². The minimum atomic E-state index is -0.667. The largest absolute Gasteiger partial charge is 0.497 e. The van der Waals surface area contributed by atoms with Gasteiger partial charge < -0.3 is 19.8 Å². The zero-order valence-electron chi connectivity index (χ0n) is 19.5. The predicted octanol–water partition coefficient (Wildman–Crippen LogP) is 6.43. The van der Waals surface area contributed by atoms with Crippen molar-refractivity contribution in [1.29, 1.82) is 0 Å². The summed E-state index contributed by atoms with van der Waals surface area (Å²) in [6.07, 6.45) is 2.43. The Hall–Kier alpha value is -4.03. The second kappa shape index (κ2) is 8.88. The molecule has 180 valence electrons. The van der Waals surface area contributed by atoms with Gasteiger partial charge in [0.05, 0.1) is 35.5 Å². The Balaban J connectivity index is 1.49. The maximum Gasteiger partial charge on any atom is 0.198 e. The number of rotatable bonds is 3. The zero-order chi connectivity index (χ0) is 24.8. The van der Waals surface area contributed by atoms with Crippen LogP contribution >= 0.6 is 11.6 Å². The van der Waals surface area contributed by atoms with Gasteiger partial charge in [0.25, 0.3) is 0 Å². The summed E-state index contributed by atoms with van der Waals surface area (Å²) in [5.41, 5.74) is 4.69. The van der Waals surface area contributed by atoms with E-state index in [1.165, 1.54) is 6.26 Å². The summed E-state index contributed by atoms with van der Waals surface area (Å²) in [4.78, 5) is 27.3. The lowest BCUT2D eigenvalue weighted by Gasteiger charge is -2.29. The molecule has 1 aliphatic heterocycles. The Bertz CT molecular complexity index is 1590. The van der Waals surface area contributed by atoms with Crippen LogP contribution in [-0.4, -0.2) is 12.9 Å². The number of benzene rings is 3. The van der Waals surface area contributed by atoms with E-state index in [9.17, 15) is 9.59 Å². The normalized spacial score (nSPS) is 19.1. The minimum absolute atomic E-state index is 0.00684. The molecule has 0 saturated heterocycles. The third-order valence-corrected chi connectivity index (χ3v) is 7.20. The fraction of sp³-hybridized carbons (Fsp3) is 0.172. The third kappa shape index (κ3) is 3.84. The molecule has 0 spiro atoms. The van der Waals surface area contributed by atoms with Crippen LogP contribution in [-0.2, 0) is 4.79 Å². The van der Waals surface area contributed by atoms with Crippen LogP contribution < -0.4 is 20.8 Å². The van der Waals surface area contributed by atoms with E-state index in [2.05, 4.69) is 10.6 Å². The Kier molecular flexibility index (Phi) is 5.53. The highest BCUT2D eigenvalue weighted by Crippen LogP contribution is 2.44. The molecule has 2 atom stereocenters. The molecule has 0 bridgehead atoms. The molecule has 3 aromatic carbocycles. The van der Waals surface area contributed by atoms with Gasteiger partial charge in [-0.1, -0.05) is 35.9 Å². The molecule has 0 amide bonds. The van der Waals surface area contributed by atoms with Crippen LogP contribution in [0.3, 0.4) is 0 Å². The SMILES string of the molecule is COc1ccc([C@@H]2CC(=O)C3=C(C2)Nc2ccccc2N[C@H]3c2coc3ccc(Cl)cc3c2=O)cc1. The first-order valence-corrected chi connectivity index (χ1v) is 12.1. The average Bonchev–Trinajstić information content (AvgIpc) is 3.06. The molecular weight excluding hydrogens is 476 g/mol. The summed E-state index contributed by atoms with van der Waals surface area (Å²) in [7, 11) is 1.63. The van der Waals surface area contributed by atoms with Gasteiger partial charge in [-0.3, -0.25) is 9.59 Å². The Morgan fingerprint density at radius 3 is 2.53 bits per heavy atom. The number of methoxy groups -OCH3 is 1. The van der Waals surface area contributed by atoms with Crippen LogP contribution in [0, 0.1) is 0 Å². The molecule has 4 aromatic rings. The molecule has 1 aromatic heterocycles. The minimum Gasteiger partial charge on any atom is -0.497 e. The number of carbonyl (C=O) groups is 1. The van der Waals surface area contributed by atoms with Gasteiger partial charge >= 0.3 is 0 Å². The molecular formula is C29H23ClN2O4. The van der Waals surface area contributed by atoms with Crippen molar-refractivity contribution in [2.75, 3.05) is 17.7 Å². The molecule has 6 rings (SSSR count). The van der Waals surface area contributed by atoms with Crippen LogP contribution in [0.1, 0.15) is 35.9 Å². The summed E-state index contributed by atoms with van der Waals surface area (Å²) < 4.78 is 11.1. The lowest BCUT2D eigenvalue weighted by molar-refractivity contribution is -0.116. The second-order valence-electron chi connectivity index (χ2n) is 9.10. The van der Waals surface area contributed by atoms with E-state index in [-0.39, 0.29) is 17.1 Å². The predicted molar refractivity (Wildman–Crippen MR) is 141 cm³/mol. The fourth-order valence-electron chi connectivity index (χ4n) is 5.15. The van der Waals surface area contributed by atoms with E-state index >= 15 is 0 Å². The van der Waals surface area contributed by atoms with Gasteiger partial charge in [0.15, 0.2) is 11.2 Å². The number of nitrogens with one attached hydrogen (secondary N) is 2. The Labute approximate surface area is 212 Å². The number of fused-ring (bicyclic) bond motifs is 2. The van der Waals surface area contributed by atoms with E-state index < -0.39 is 6.04 Å². The maximum absolute atomic E-state index is 13.7. The average molecular weight is 499 g/mol. The van der Waals surface area contributed by atoms with Crippen LogP contribution in [0.15, 0.2) is 93.5 Å². The molecule has 6 nitrogen and oxygen atoms in total. The first-order valence-electron chi connectivity index (χ1n) is 11.8. The number of para-hydroxylation sites is 2. The van der Waals surface area contributed by atoms with E-state index in [1.807, 2.05) is 48.5 Å². The highest BCUT2D eigenvalue weighted by molar-refractivity contribution is 6.31. The standard InChI is InChI=1S/C29H23ClN2O4/c1-35-19-9-6-16(7-10-19)17-12-24-27(25(33)13-17)28(32-23-5-3-2-4-22(23)31-24)21-15-36-26-11-8-18(30)14-20(26)29(21)34/h2-11,14-15,17,28,31-32H,12-13H2,1H3/t17-,28-/m0/s1. The topological polar surface area (TPSA) is 80.6 Å². The number of halogens is 1. The third-order valence-electron chi connectivity index (χ3n) is 6.97. The first-order chi connectivity index (χ1) is 17.5. The first kappa shape index (κ1) is 22.4. The lowest BCUT2D eigenvalue weighted by atomic mass is 9.78. The molecule has 0 unspecified atom stereocenters. The van der Waals surface area contributed by atoms with Gasteiger partial charge in [0.2, 0.25) is 0 Å². The quantitative estimate of drug-likeness (QED) is 0.338. The molecule has 1 aliphatic carbocycles. The van der Waals surface area contributed by atoms with Crippen molar-refractivity contribution < 1.29 is 13.9 Å². The van der Waals surface area contributed by atoms with Gasteiger partial charge in [-0.15, -0.1) is 0 Å². The molecule has 0 saturated carbocycles. The molecule has 0 radical (unpaired) electrons. The van der Waals surface area contributed by atoms with E-state index in [4.69, 9.17) is 20.8 Å². The number of ketones is 1. The van der Waals surface area contributed by atoms with E-state index in [0.29, 0.717) is 40.0 Å². The van der Waals surface area contributed by atoms with Crippen molar-refractivity contribution in [3.63, 3.8) is 0 Å². The summed E-state index contributed by atoms with van der Waals surface area (Å²) in [5, 5.41) is 7.77. The summed E-state index contributed by atoms with van der Waals surface area (Å²) in [5.74, 6) is 0.766. The van der Waals surface area contributed by atoms with Crippen LogP contribution in [0.25, 0.3) is 11.0 Å². The molecule has 2 heterocycles. The zero-order valence-corrected chi connectivity index (χ0v) is 20.3. The van der Waals surface area contributed by atoms with Gasteiger partial charge in [0, 0.05) is 22.7 Å². The monoisotopic (exact) mass is 498 g/mol. The van der Waals surface area contributed by atoms with E-state index in [1.54, 1.807) is 25.3 Å². The van der Waals surface area contributed by atoms with Gasteiger partial charge in [-0.2, -0.15) is 0 Å². The molecule has 7 heteroatoms. The van der Waals surface area contributed by atoms with Crippen molar-refractivity contribution in [3.05, 3.63) is 111 Å². The Morgan fingerprint density at radius 2 is 1.75 bits per heavy atom. The van der Waals surface area contributed by atoms with Gasteiger partial charge in [-0.05, 0) is 60.4 Å². The Morgan fingerprint density at radius 1 is 0.972 bits per heavy atom.